The summed E-state index contributed by atoms with van der Waals surface area (Å²) in [5, 5.41) is 9.94. The van der Waals surface area contributed by atoms with Crippen molar-refractivity contribution in [2.75, 3.05) is 0 Å². The molecule has 1 aromatic carbocycles. The van der Waals surface area contributed by atoms with Gasteiger partial charge in [0.2, 0.25) is 0 Å². The average Bonchev–Trinajstić information content (AvgIpc) is 2.38. The van der Waals surface area contributed by atoms with Crippen molar-refractivity contribution >= 4 is 5.97 Å². The lowest BCUT2D eigenvalue weighted by atomic mass is 9.52. The van der Waals surface area contributed by atoms with Gasteiger partial charge in [0.05, 0.1) is 5.41 Å². The van der Waals surface area contributed by atoms with Gasteiger partial charge >= 0.3 is 5.97 Å². The van der Waals surface area contributed by atoms with Crippen molar-refractivity contribution in [2.24, 2.45) is 5.92 Å². The molecule has 2 unspecified atom stereocenters. The fraction of sp³-hybridized carbons (Fsp3) is 0.588. The van der Waals surface area contributed by atoms with Gasteiger partial charge in [0, 0.05) is 0 Å². The van der Waals surface area contributed by atoms with Crippen LogP contribution in [0.2, 0.25) is 0 Å². The largest absolute Gasteiger partial charge is 0.481 e. The van der Waals surface area contributed by atoms with Crippen LogP contribution in [0.4, 0.5) is 0 Å². The Bertz CT molecular complexity index is 518. The molecule has 0 saturated heterocycles. The summed E-state index contributed by atoms with van der Waals surface area (Å²) in [4.78, 5) is 12.1. The summed E-state index contributed by atoms with van der Waals surface area (Å²) in [5.41, 5.74) is 1.81. The molecule has 2 nitrogen and oxygen atoms in total. The highest BCUT2D eigenvalue weighted by Crippen LogP contribution is 2.55. The number of benzene rings is 1. The lowest BCUT2D eigenvalue weighted by molar-refractivity contribution is -0.149. The number of fused-ring (bicyclic) bond motifs is 3. The van der Waals surface area contributed by atoms with Gasteiger partial charge in [-0.2, -0.15) is 0 Å². The maximum atomic E-state index is 12.1. The SMILES string of the molecule is CC1(C)CC2CCCCC2(C(=O)O)c2ccccc21. The van der Waals surface area contributed by atoms with E-state index in [9.17, 15) is 9.90 Å². The highest BCUT2D eigenvalue weighted by molar-refractivity contribution is 5.83. The van der Waals surface area contributed by atoms with Gasteiger partial charge in [-0.05, 0) is 41.7 Å². The molecule has 0 bridgehead atoms. The number of carboxylic acid groups (broad SMARTS) is 1. The zero-order valence-electron chi connectivity index (χ0n) is 11.8. The van der Waals surface area contributed by atoms with E-state index in [1.807, 2.05) is 12.1 Å². The molecule has 1 aromatic rings. The van der Waals surface area contributed by atoms with Crippen LogP contribution in [0.5, 0.6) is 0 Å². The molecule has 102 valence electrons. The fourth-order valence-corrected chi connectivity index (χ4v) is 4.46. The molecule has 19 heavy (non-hydrogen) atoms. The normalized spacial score (nSPS) is 32.2. The smallest absolute Gasteiger partial charge is 0.314 e. The van der Waals surface area contributed by atoms with Crippen molar-refractivity contribution in [1.82, 2.24) is 0 Å². The van der Waals surface area contributed by atoms with Crippen molar-refractivity contribution < 1.29 is 9.90 Å². The van der Waals surface area contributed by atoms with Crippen LogP contribution in [0.15, 0.2) is 24.3 Å². The predicted octanol–water partition coefficient (Wildman–Crippen LogP) is 3.88. The first kappa shape index (κ1) is 12.7. The van der Waals surface area contributed by atoms with E-state index < -0.39 is 11.4 Å². The maximum Gasteiger partial charge on any atom is 0.314 e. The van der Waals surface area contributed by atoms with E-state index in [2.05, 4.69) is 26.0 Å². The Hall–Kier alpha value is -1.31. The van der Waals surface area contributed by atoms with Crippen molar-refractivity contribution in [3.8, 4) is 0 Å². The van der Waals surface area contributed by atoms with Crippen LogP contribution in [0.3, 0.4) is 0 Å². The molecule has 0 aromatic heterocycles. The van der Waals surface area contributed by atoms with Gasteiger partial charge in [-0.3, -0.25) is 4.79 Å². The molecule has 0 spiro atoms. The standard InChI is InChI=1S/C17H22O2/c1-16(2)11-12-7-5-6-10-17(12,15(18)19)14-9-4-3-8-13(14)16/h3-4,8-9,12H,5-7,10-11H2,1-2H3,(H,18,19). The minimum absolute atomic E-state index is 0.0948. The monoisotopic (exact) mass is 258 g/mol. The molecule has 2 aliphatic rings. The Morgan fingerprint density at radius 2 is 1.89 bits per heavy atom. The third kappa shape index (κ3) is 1.65. The molecule has 2 aliphatic carbocycles. The van der Waals surface area contributed by atoms with Gasteiger partial charge in [0.15, 0.2) is 0 Å². The summed E-state index contributed by atoms with van der Waals surface area (Å²) < 4.78 is 0. The third-order valence-electron chi connectivity index (χ3n) is 5.35. The number of carboxylic acids is 1. The molecule has 1 fully saturated rings. The molecule has 1 N–H and O–H groups in total. The van der Waals surface area contributed by atoms with Crippen LogP contribution in [0, 0.1) is 5.92 Å². The van der Waals surface area contributed by atoms with Crippen molar-refractivity contribution in [2.45, 2.75) is 56.8 Å². The van der Waals surface area contributed by atoms with Gasteiger partial charge in [0.25, 0.3) is 0 Å². The zero-order valence-corrected chi connectivity index (χ0v) is 11.8. The molecular formula is C17H22O2. The van der Waals surface area contributed by atoms with E-state index in [-0.39, 0.29) is 5.41 Å². The first-order valence-corrected chi connectivity index (χ1v) is 7.32. The van der Waals surface area contributed by atoms with Gasteiger partial charge < -0.3 is 5.11 Å². The lowest BCUT2D eigenvalue weighted by Gasteiger charge is -2.50. The minimum Gasteiger partial charge on any atom is -0.481 e. The summed E-state index contributed by atoms with van der Waals surface area (Å²) in [7, 11) is 0. The topological polar surface area (TPSA) is 37.3 Å². The van der Waals surface area contributed by atoms with E-state index >= 15 is 0 Å². The molecule has 0 amide bonds. The summed E-state index contributed by atoms with van der Waals surface area (Å²) in [5.74, 6) is -0.316. The summed E-state index contributed by atoms with van der Waals surface area (Å²) in [6, 6.07) is 8.23. The van der Waals surface area contributed by atoms with E-state index in [1.165, 1.54) is 12.0 Å². The van der Waals surface area contributed by atoms with Crippen LogP contribution in [-0.2, 0) is 15.6 Å². The summed E-state index contributed by atoms with van der Waals surface area (Å²) >= 11 is 0. The molecule has 0 aliphatic heterocycles. The highest BCUT2D eigenvalue weighted by atomic mass is 16.4. The van der Waals surface area contributed by atoms with Crippen molar-refractivity contribution in [3.05, 3.63) is 35.4 Å². The predicted molar refractivity (Wildman–Crippen MR) is 75.4 cm³/mol. The molecule has 1 saturated carbocycles. The number of rotatable bonds is 1. The molecule has 3 rings (SSSR count). The second kappa shape index (κ2) is 4.09. The summed E-state index contributed by atoms with van der Waals surface area (Å²) in [6.07, 6.45) is 5.08. The van der Waals surface area contributed by atoms with Gasteiger partial charge in [-0.15, -0.1) is 0 Å². The Kier molecular flexibility index (Phi) is 2.74. The number of hydrogen-bond acceptors (Lipinski definition) is 1. The zero-order chi connectivity index (χ0) is 13.7. The molecular weight excluding hydrogens is 236 g/mol. The highest BCUT2D eigenvalue weighted by Gasteiger charge is 2.54. The Labute approximate surface area is 114 Å². The van der Waals surface area contributed by atoms with Gasteiger partial charge in [-0.1, -0.05) is 51.0 Å². The fourth-order valence-electron chi connectivity index (χ4n) is 4.46. The van der Waals surface area contributed by atoms with Crippen LogP contribution in [0.1, 0.15) is 57.1 Å². The number of carbonyl (C=O) groups is 1. The van der Waals surface area contributed by atoms with Crippen LogP contribution < -0.4 is 0 Å². The van der Waals surface area contributed by atoms with Crippen LogP contribution in [-0.4, -0.2) is 11.1 Å². The van der Waals surface area contributed by atoms with E-state index in [1.54, 1.807) is 0 Å². The lowest BCUT2D eigenvalue weighted by Crippen LogP contribution is -2.51. The van der Waals surface area contributed by atoms with Crippen molar-refractivity contribution in [1.29, 1.82) is 0 Å². The van der Waals surface area contributed by atoms with Crippen molar-refractivity contribution in [3.63, 3.8) is 0 Å². The Morgan fingerprint density at radius 3 is 2.58 bits per heavy atom. The molecule has 0 radical (unpaired) electrons. The van der Waals surface area contributed by atoms with E-state index in [0.717, 1.165) is 31.2 Å². The second-order valence-corrected chi connectivity index (χ2v) is 6.85. The first-order chi connectivity index (χ1) is 8.98. The molecule has 2 heteroatoms. The first-order valence-electron chi connectivity index (χ1n) is 7.32. The van der Waals surface area contributed by atoms with Crippen LogP contribution in [0.25, 0.3) is 0 Å². The van der Waals surface area contributed by atoms with Gasteiger partial charge in [-0.25, -0.2) is 0 Å². The third-order valence-corrected chi connectivity index (χ3v) is 5.35. The second-order valence-electron chi connectivity index (χ2n) is 6.85. The minimum atomic E-state index is -0.621. The Morgan fingerprint density at radius 1 is 1.21 bits per heavy atom. The van der Waals surface area contributed by atoms with Crippen LogP contribution >= 0.6 is 0 Å². The van der Waals surface area contributed by atoms with E-state index in [4.69, 9.17) is 0 Å². The quantitative estimate of drug-likeness (QED) is 0.830. The van der Waals surface area contributed by atoms with E-state index in [0.29, 0.717) is 5.92 Å². The maximum absolute atomic E-state index is 12.1. The summed E-state index contributed by atoms with van der Waals surface area (Å²) in [6.45, 7) is 4.51. The van der Waals surface area contributed by atoms with Gasteiger partial charge in [0.1, 0.15) is 0 Å². The molecule has 2 atom stereocenters. The average molecular weight is 258 g/mol. The molecule has 0 heterocycles. The number of aliphatic carboxylic acids is 1. The number of hydrogen-bond donors (Lipinski definition) is 1. The Balaban J connectivity index is 2.25.